The Labute approximate surface area is 117 Å². The van der Waals surface area contributed by atoms with Gasteiger partial charge >= 0.3 is 0 Å². The Morgan fingerprint density at radius 2 is 1.85 bits per heavy atom. The molecule has 0 heterocycles. The second-order valence-corrected chi connectivity index (χ2v) is 4.32. The van der Waals surface area contributed by atoms with Crippen molar-refractivity contribution in [1.29, 1.82) is 0 Å². The minimum Gasteiger partial charge on any atom is -0.496 e. The molecule has 0 aliphatic carbocycles. The van der Waals surface area contributed by atoms with Crippen molar-refractivity contribution in [1.82, 2.24) is 5.32 Å². The average molecular weight is 281 g/mol. The summed E-state index contributed by atoms with van der Waals surface area (Å²) in [6.07, 6.45) is 2.79. The highest BCUT2D eigenvalue weighted by atomic mass is 16.5. The maximum atomic E-state index is 11.7. The highest BCUT2D eigenvalue weighted by Gasteiger charge is 2.29. The van der Waals surface area contributed by atoms with Crippen molar-refractivity contribution < 1.29 is 24.9 Å². The lowest BCUT2D eigenvalue weighted by atomic mass is 10.0. The van der Waals surface area contributed by atoms with Gasteiger partial charge in [-0.15, -0.1) is 0 Å². The number of hydrogen-bond donors (Lipinski definition) is 4. The number of carbonyl (C=O) groups is 1. The van der Waals surface area contributed by atoms with Crippen molar-refractivity contribution >= 4 is 12.0 Å². The number of aliphatic hydroxyl groups is 3. The molecule has 6 heteroatoms. The first-order valence-electron chi connectivity index (χ1n) is 6.06. The molecule has 0 atom stereocenters. The molecule has 1 aromatic carbocycles. The summed E-state index contributed by atoms with van der Waals surface area (Å²) in [5.41, 5.74) is -0.713. The van der Waals surface area contributed by atoms with Crippen LogP contribution in [-0.4, -0.2) is 53.7 Å². The molecule has 0 unspecified atom stereocenters. The fourth-order valence-electron chi connectivity index (χ4n) is 1.54. The lowest BCUT2D eigenvalue weighted by Crippen LogP contribution is -2.56. The van der Waals surface area contributed by atoms with E-state index in [0.29, 0.717) is 11.3 Å². The van der Waals surface area contributed by atoms with Crippen molar-refractivity contribution in [2.75, 3.05) is 26.9 Å². The molecular weight excluding hydrogens is 262 g/mol. The van der Waals surface area contributed by atoms with Crippen LogP contribution in [0.3, 0.4) is 0 Å². The van der Waals surface area contributed by atoms with Gasteiger partial charge in [0.1, 0.15) is 11.3 Å². The van der Waals surface area contributed by atoms with Crippen LogP contribution < -0.4 is 10.1 Å². The monoisotopic (exact) mass is 281 g/mol. The van der Waals surface area contributed by atoms with Gasteiger partial charge in [-0.25, -0.2) is 0 Å². The van der Waals surface area contributed by atoms with E-state index in [1.807, 2.05) is 6.07 Å². The third-order valence-electron chi connectivity index (χ3n) is 2.85. The Kier molecular flexibility index (Phi) is 6.17. The summed E-state index contributed by atoms with van der Waals surface area (Å²) in [6.45, 7) is -1.68. The van der Waals surface area contributed by atoms with E-state index in [-0.39, 0.29) is 0 Å². The van der Waals surface area contributed by atoms with E-state index in [2.05, 4.69) is 5.32 Å². The number of hydrogen-bond acceptors (Lipinski definition) is 5. The van der Waals surface area contributed by atoms with Crippen LogP contribution in [0.4, 0.5) is 0 Å². The summed E-state index contributed by atoms with van der Waals surface area (Å²) in [4.78, 5) is 11.7. The summed E-state index contributed by atoms with van der Waals surface area (Å²) in [5.74, 6) is 0.0855. The van der Waals surface area contributed by atoms with Crippen LogP contribution >= 0.6 is 0 Å². The average Bonchev–Trinajstić information content (AvgIpc) is 2.51. The third-order valence-corrected chi connectivity index (χ3v) is 2.85. The highest BCUT2D eigenvalue weighted by Crippen LogP contribution is 2.18. The predicted molar refractivity (Wildman–Crippen MR) is 74.2 cm³/mol. The molecule has 4 N–H and O–H groups in total. The van der Waals surface area contributed by atoms with Crippen molar-refractivity contribution in [2.45, 2.75) is 5.54 Å². The van der Waals surface area contributed by atoms with Gasteiger partial charge in [-0.3, -0.25) is 4.79 Å². The van der Waals surface area contributed by atoms with Gasteiger partial charge in [0.05, 0.1) is 26.9 Å². The van der Waals surface area contributed by atoms with Crippen LogP contribution in [0.2, 0.25) is 0 Å². The molecule has 1 amide bonds. The van der Waals surface area contributed by atoms with E-state index in [1.165, 1.54) is 13.2 Å². The molecule has 0 bridgehead atoms. The topological polar surface area (TPSA) is 99.0 Å². The molecule has 0 aliphatic heterocycles. The molecule has 1 aromatic rings. The fraction of sp³-hybridized carbons (Fsp3) is 0.357. The molecule has 0 fully saturated rings. The predicted octanol–water partition coefficient (Wildman–Crippen LogP) is -0.460. The standard InChI is InChI=1S/C14H19NO5/c1-20-12-5-3-2-4-11(12)6-7-13(19)15-14(8-16,9-17)10-18/h2-7,16-18H,8-10H2,1H3,(H,15,19)/b7-6+. The van der Waals surface area contributed by atoms with E-state index < -0.39 is 31.3 Å². The third kappa shape index (κ3) is 4.06. The Bertz CT molecular complexity index is 460. The van der Waals surface area contributed by atoms with Crippen LogP contribution in [0.5, 0.6) is 5.75 Å². The zero-order valence-electron chi connectivity index (χ0n) is 11.2. The van der Waals surface area contributed by atoms with E-state index in [9.17, 15) is 4.79 Å². The summed E-state index contributed by atoms with van der Waals surface area (Å²) in [7, 11) is 1.53. The van der Waals surface area contributed by atoms with E-state index in [4.69, 9.17) is 20.1 Å². The number of nitrogens with one attached hydrogen (secondary N) is 1. The fourth-order valence-corrected chi connectivity index (χ4v) is 1.54. The number of amides is 1. The zero-order valence-corrected chi connectivity index (χ0v) is 11.2. The molecule has 6 nitrogen and oxygen atoms in total. The van der Waals surface area contributed by atoms with Gasteiger partial charge in [-0.05, 0) is 12.1 Å². The first kappa shape index (κ1) is 16.2. The van der Waals surface area contributed by atoms with Gasteiger partial charge in [0.25, 0.3) is 0 Å². The second kappa shape index (κ2) is 7.64. The first-order valence-corrected chi connectivity index (χ1v) is 6.06. The molecule has 0 saturated carbocycles. The Morgan fingerprint density at radius 3 is 2.40 bits per heavy atom. The molecule has 0 aromatic heterocycles. The molecule has 0 aliphatic rings. The molecule has 0 saturated heterocycles. The maximum absolute atomic E-state index is 11.7. The van der Waals surface area contributed by atoms with Crippen LogP contribution in [0.1, 0.15) is 5.56 Å². The number of ether oxygens (including phenoxy) is 1. The normalized spacial score (nSPS) is 11.6. The Morgan fingerprint density at radius 1 is 1.25 bits per heavy atom. The largest absolute Gasteiger partial charge is 0.496 e. The SMILES string of the molecule is COc1ccccc1/C=C/C(=O)NC(CO)(CO)CO. The molecule has 110 valence electrons. The summed E-state index contributed by atoms with van der Waals surface area (Å²) >= 11 is 0. The molecule has 0 spiro atoms. The molecular formula is C14H19NO5. The minimum atomic E-state index is -1.43. The maximum Gasteiger partial charge on any atom is 0.244 e. The number of benzene rings is 1. The quantitative estimate of drug-likeness (QED) is 0.507. The van der Waals surface area contributed by atoms with Gasteiger partial charge in [-0.2, -0.15) is 0 Å². The van der Waals surface area contributed by atoms with Crippen molar-refractivity contribution in [3.8, 4) is 5.75 Å². The Hall–Kier alpha value is -1.89. The summed E-state index contributed by atoms with van der Waals surface area (Å²) < 4.78 is 5.14. The lowest BCUT2D eigenvalue weighted by Gasteiger charge is -2.27. The molecule has 0 radical (unpaired) electrons. The zero-order chi connectivity index (χ0) is 15.0. The second-order valence-electron chi connectivity index (χ2n) is 4.32. The van der Waals surface area contributed by atoms with Gasteiger partial charge in [-0.1, -0.05) is 18.2 Å². The van der Waals surface area contributed by atoms with E-state index in [0.717, 1.165) is 0 Å². The summed E-state index contributed by atoms with van der Waals surface area (Å²) in [5, 5.41) is 29.7. The van der Waals surface area contributed by atoms with Gasteiger partial charge in [0.15, 0.2) is 0 Å². The van der Waals surface area contributed by atoms with Crippen molar-refractivity contribution in [3.05, 3.63) is 35.9 Å². The highest BCUT2D eigenvalue weighted by molar-refractivity contribution is 5.92. The number of rotatable bonds is 7. The van der Waals surface area contributed by atoms with Crippen molar-refractivity contribution in [2.24, 2.45) is 0 Å². The van der Waals surface area contributed by atoms with Crippen LogP contribution in [0.25, 0.3) is 6.08 Å². The minimum absolute atomic E-state index is 0.534. The lowest BCUT2D eigenvalue weighted by molar-refractivity contribution is -0.120. The smallest absolute Gasteiger partial charge is 0.244 e. The van der Waals surface area contributed by atoms with Crippen LogP contribution in [-0.2, 0) is 4.79 Å². The van der Waals surface area contributed by atoms with E-state index in [1.54, 1.807) is 24.3 Å². The number of methoxy groups -OCH3 is 1. The summed E-state index contributed by atoms with van der Waals surface area (Å²) in [6, 6.07) is 7.15. The van der Waals surface area contributed by atoms with E-state index >= 15 is 0 Å². The van der Waals surface area contributed by atoms with Gasteiger partial charge in [0, 0.05) is 11.6 Å². The van der Waals surface area contributed by atoms with Crippen molar-refractivity contribution in [3.63, 3.8) is 0 Å². The first-order chi connectivity index (χ1) is 9.60. The van der Waals surface area contributed by atoms with Crippen LogP contribution in [0.15, 0.2) is 30.3 Å². The van der Waals surface area contributed by atoms with Gasteiger partial charge in [0.2, 0.25) is 5.91 Å². The molecule has 1 rings (SSSR count). The molecule has 20 heavy (non-hydrogen) atoms. The van der Waals surface area contributed by atoms with Gasteiger partial charge < -0.3 is 25.4 Å². The number of para-hydroxylation sites is 1. The Balaban J connectivity index is 2.77. The van der Waals surface area contributed by atoms with Crippen LogP contribution in [0, 0.1) is 0 Å². The number of carbonyl (C=O) groups excluding carboxylic acids is 1. The number of aliphatic hydroxyl groups excluding tert-OH is 3.